The van der Waals surface area contributed by atoms with Crippen molar-refractivity contribution in [3.8, 4) is 0 Å². The third-order valence-electron chi connectivity index (χ3n) is 4.89. The van der Waals surface area contributed by atoms with Crippen molar-refractivity contribution in [2.24, 2.45) is 5.16 Å². The summed E-state index contributed by atoms with van der Waals surface area (Å²) < 4.78 is 5.77. The number of nitrogens with one attached hydrogen (secondary N) is 1. The number of hydrogen-bond donors (Lipinski definition) is 2. The molecule has 1 fully saturated rings. The number of carboxylic acid groups (broad SMARTS) is 1. The van der Waals surface area contributed by atoms with Crippen molar-refractivity contribution in [3.05, 3.63) is 60.3 Å². The lowest BCUT2D eigenvalue weighted by Crippen LogP contribution is -2.71. The van der Waals surface area contributed by atoms with Gasteiger partial charge in [-0.3, -0.25) is 14.5 Å². The van der Waals surface area contributed by atoms with Gasteiger partial charge in [-0.2, -0.15) is 9.36 Å². The number of thioether (sulfide) groups is 1. The first-order chi connectivity index (χ1) is 16.4. The lowest BCUT2D eigenvalue weighted by atomic mass is 10.0. The minimum Gasteiger partial charge on any atom is -0.543 e. The standard InChI is InChI=1S/C20H19N7O5S2/c1-2-8-32-24-12(15-23-20(21)34-25-15)16(28)22-13-17(29)27-14(19(30)31)11(10-33-18(13)27)9-26-6-4-3-5-7-26/h2-7,13,18H,1,8-10H2,(H3-,21,22,23,25,28,30,31)/b24-12-/t13?,18-/m1/s1. The maximum Gasteiger partial charge on any atom is 0.278 e. The highest BCUT2D eigenvalue weighted by atomic mass is 32.2. The molecule has 2 amide bonds. The second-order valence-electron chi connectivity index (χ2n) is 7.13. The predicted octanol–water partition coefficient (Wildman–Crippen LogP) is -1.58. The minimum absolute atomic E-state index is 0.0347. The fraction of sp³-hybridized carbons (Fsp3) is 0.250. The zero-order valence-electron chi connectivity index (χ0n) is 17.6. The van der Waals surface area contributed by atoms with Crippen molar-refractivity contribution < 1.29 is 28.9 Å². The van der Waals surface area contributed by atoms with Gasteiger partial charge in [-0.05, 0) is 0 Å². The highest BCUT2D eigenvalue weighted by molar-refractivity contribution is 8.00. The molecule has 2 aliphatic heterocycles. The van der Waals surface area contributed by atoms with E-state index in [2.05, 4.69) is 26.4 Å². The molecule has 0 aromatic carbocycles. The molecule has 0 bridgehead atoms. The molecule has 0 saturated carbocycles. The van der Waals surface area contributed by atoms with Crippen molar-refractivity contribution in [3.63, 3.8) is 0 Å². The number of amides is 2. The van der Waals surface area contributed by atoms with Crippen LogP contribution in [0.1, 0.15) is 5.82 Å². The summed E-state index contributed by atoms with van der Waals surface area (Å²) in [7, 11) is 0. The fourth-order valence-electron chi connectivity index (χ4n) is 3.43. The Hall–Kier alpha value is -3.78. The summed E-state index contributed by atoms with van der Waals surface area (Å²) in [6.45, 7) is 3.83. The van der Waals surface area contributed by atoms with E-state index in [1.807, 2.05) is 18.2 Å². The van der Waals surface area contributed by atoms with Crippen molar-refractivity contribution in [2.75, 3.05) is 18.1 Å². The Labute approximate surface area is 202 Å². The number of aromatic nitrogens is 3. The normalized spacial score (nSPS) is 19.8. The molecule has 4 rings (SSSR count). The third-order valence-corrected chi connectivity index (χ3v) is 6.78. The van der Waals surface area contributed by atoms with Crippen LogP contribution in [-0.4, -0.2) is 61.5 Å². The smallest absolute Gasteiger partial charge is 0.278 e. The van der Waals surface area contributed by atoms with Gasteiger partial charge < -0.3 is 25.8 Å². The van der Waals surface area contributed by atoms with Crippen molar-refractivity contribution in [1.82, 2.24) is 19.6 Å². The summed E-state index contributed by atoms with van der Waals surface area (Å²) in [6.07, 6.45) is 5.03. The number of anilines is 1. The lowest BCUT2D eigenvalue weighted by molar-refractivity contribution is -0.689. The summed E-state index contributed by atoms with van der Waals surface area (Å²) in [6, 6.07) is 4.51. The topological polar surface area (TPSA) is 167 Å². The molecule has 2 atom stereocenters. The monoisotopic (exact) mass is 501 g/mol. The number of aliphatic carboxylic acids is 1. The Kier molecular flexibility index (Phi) is 6.88. The molecule has 176 valence electrons. The van der Waals surface area contributed by atoms with Crippen molar-refractivity contribution >= 4 is 51.9 Å². The average molecular weight is 502 g/mol. The van der Waals surface area contributed by atoms with E-state index in [1.165, 1.54) is 17.8 Å². The van der Waals surface area contributed by atoms with Gasteiger partial charge in [0.25, 0.3) is 11.8 Å². The largest absolute Gasteiger partial charge is 0.543 e. The van der Waals surface area contributed by atoms with E-state index in [9.17, 15) is 19.5 Å². The Morgan fingerprint density at radius 1 is 1.41 bits per heavy atom. The summed E-state index contributed by atoms with van der Waals surface area (Å²) >= 11 is 2.21. The number of β-lactam (4-membered cyclic amide) rings is 1. The van der Waals surface area contributed by atoms with E-state index in [0.29, 0.717) is 17.9 Å². The third kappa shape index (κ3) is 4.63. The van der Waals surface area contributed by atoms with Crippen LogP contribution in [0.4, 0.5) is 5.13 Å². The molecule has 2 aromatic heterocycles. The van der Waals surface area contributed by atoms with Gasteiger partial charge in [0, 0.05) is 35.0 Å². The molecule has 34 heavy (non-hydrogen) atoms. The summed E-state index contributed by atoms with van der Waals surface area (Å²) in [5.74, 6) is -2.49. The van der Waals surface area contributed by atoms with Crippen LogP contribution in [-0.2, 0) is 25.8 Å². The van der Waals surface area contributed by atoms with E-state index >= 15 is 0 Å². The highest BCUT2D eigenvalue weighted by Crippen LogP contribution is 2.40. The van der Waals surface area contributed by atoms with E-state index in [4.69, 9.17) is 10.6 Å². The molecule has 3 N–H and O–H groups in total. The maximum absolute atomic E-state index is 12.9. The number of carbonyl (C=O) groups excluding carboxylic acids is 3. The van der Waals surface area contributed by atoms with Gasteiger partial charge in [0.05, 0.1) is 11.7 Å². The number of nitrogens with zero attached hydrogens (tertiary/aromatic N) is 5. The van der Waals surface area contributed by atoms with Crippen LogP contribution in [0.25, 0.3) is 0 Å². The minimum atomic E-state index is -1.45. The number of hydrogen-bond acceptors (Lipinski definition) is 11. The van der Waals surface area contributed by atoms with Crippen molar-refractivity contribution in [2.45, 2.75) is 18.0 Å². The Balaban J connectivity index is 1.53. The first-order valence-corrected chi connectivity index (χ1v) is 11.8. The van der Waals surface area contributed by atoms with Crippen LogP contribution < -0.4 is 20.7 Å². The number of carbonyl (C=O) groups is 3. The number of fused-ring (bicyclic) bond motifs is 1. The van der Waals surface area contributed by atoms with Gasteiger partial charge in [0.15, 0.2) is 24.1 Å². The van der Waals surface area contributed by atoms with Crippen LogP contribution in [0.2, 0.25) is 0 Å². The van der Waals surface area contributed by atoms with E-state index in [-0.39, 0.29) is 29.0 Å². The zero-order chi connectivity index (χ0) is 24.2. The number of rotatable bonds is 9. The molecule has 12 nitrogen and oxygen atoms in total. The van der Waals surface area contributed by atoms with Crippen LogP contribution >= 0.6 is 23.3 Å². The number of oxime groups is 1. The predicted molar refractivity (Wildman–Crippen MR) is 121 cm³/mol. The SMILES string of the molecule is C=CCO/N=C(\C(=O)NC1C(=O)N2C(C(=O)[O-])=C(C[n+]3ccccc3)CS[C@H]12)c1nsc(N)n1. The quantitative estimate of drug-likeness (QED) is 0.103. The molecule has 0 spiro atoms. The number of pyridine rings is 1. The molecule has 1 unspecified atom stereocenters. The Bertz CT molecular complexity index is 1200. The zero-order valence-corrected chi connectivity index (χ0v) is 19.3. The van der Waals surface area contributed by atoms with Gasteiger partial charge in [0.1, 0.15) is 18.0 Å². The lowest BCUT2D eigenvalue weighted by Gasteiger charge is -2.50. The molecular formula is C20H19N7O5S2. The van der Waals surface area contributed by atoms with Crippen LogP contribution in [0.5, 0.6) is 0 Å². The van der Waals surface area contributed by atoms with Crippen LogP contribution in [0.3, 0.4) is 0 Å². The van der Waals surface area contributed by atoms with Crippen LogP contribution in [0, 0.1) is 0 Å². The summed E-state index contributed by atoms with van der Waals surface area (Å²) in [5.41, 5.74) is 5.70. The molecule has 0 aliphatic carbocycles. The fourth-order valence-corrected chi connectivity index (χ4v) is 5.20. The van der Waals surface area contributed by atoms with Crippen LogP contribution in [0.15, 0.2) is 59.7 Å². The van der Waals surface area contributed by atoms with E-state index < -0.39 is 29.2 Å². The van der Waals surface area contributed by atoms with E-state index in [1.54, 1.807) is 17.0 Å². The van der Waals surface area contributed by atoms with Gasteiger partial charge in [-0.25, -0.2) is 4.57 Å². The Morgan fingerprint density at radius 3 is 2.82 bits per heavy atom. The molecule has 2 aliphatic rings. The second-order valence-corrected chi connectivity index (χ2v) is 9.02. The molecular weight excluding hydrogens is 482 g/mol. The second kappa shape index (κ2) is 10.0. The maximum atomic E-state index is 12.9. The van der Waals surface area contributed by atoms with Gasteiger partial charge in [0.2, 0.25) is 11.5 Å². The average Bonchev–Trinajstić information content (AvgIpc) is 3.26. The first kappa shape index (κ1) is 23.4. The molecule has 1 saturated heterocycles. The summed E-state index contributed by atoms with van der Waals surface area (Å²) in [5, 5.41) is 17.8. The summed E-state index contributed by atoms with van der Waals surface area (Å²) in [4.78, 5) is 47.8. The first-order valence-electron chi connectivity index (χ1n) is 9.94. The van der Waals surface area contributed by atoms with Gasteiger partial charge >= 0.3 is 0 Å². The Morgan fingerprint density at radius 2 is 2.18 bits per heavy atom. The van der Waals surface area contributed by atoms with Crippen molar-refractivity contribution in [1.29, 1.82) is 0 Å². The number of carboxylic acids is 1. The number of nitrogen functional groups attached to an aromatic ring is 1. The molecule has 14 heteroatoms. The van der Waals surface area contributed by atoms with Gasteiger partial charge in [-0.15, -0.1) is 11.8 Å². The molecule has 4 heterocycles. The van der Waals surface area contributed by atoms with E-state index in [0.717, 1.165) is 16.4 Å². The highest BCUT2D eigenvalue weighted by Gasteiger charge is 2.53. The molecule has 2 aromatic rings. The molecule has 0 radical (unpaired) electrons. The number of nitrogens with two attached hydrogens (primary N) is 1. The van der Waals surface area contributed by atoms with Gasteiger partial charge in [-0.1, -0.05) is 23.9 Å².